The van der Waals surface area contributed by atoms with Crippen molar-refractivity contribution in [3.63, 3.8) is 0 Å². The number of aromatic nitrogens is 2. The molecule has 2 aromatic heterocycles. The van der Waals surface area contributed by atoms with Gasteiger partial charge in [-0.15, -0.1) is 0 Å². The number of rotatable bonds is 2. The van der Waals surface area contributed by atoms with Gasteiger partial charge in [0.2, 0.25) is 0 Å². The van der Waals surface area contributed by atoms with E-state index >= 15 is 0 Å². The summed E-state index contributed by atoms with van der Waals surface area (Å²) in [6.45, 7) is 26.0. The highest BCUT2D eigenvalue weighted by Crippen LogP contribution is 2.58. The van der Waals surface area contributed by atoms with Crippen molar-refractivity contribution in [2.24, 2.45) is 0 Å². The average molecular weight is 818 g/mol. The molecule has 0 bridgehead atoms. The summed E-state index contributed by atoms with van der Waals surface area (Å²) in [5.41, 5.74) is 22.1. The number of para-hydroxylation sites is 2. The summed E-state index contributed by atoms with van der Waals surface area (Å²) >= 11 is 0. The summed E-state index contributed by atoms with van der Waals surface area (Å²) in [6, 6.07) is 53.9. The van der Waals surface area contributed by atoms with E-state index in [0.29, 0.717) is 0 Å². The third-order valence-electron chi connectivity index (χ3n) is 14.9. The molecule has 9 aromatic rings. The number of hydrogen-bond acceptors (Lipinski definition) is 1. The maximum atomic E-state index is 2.79. The highest BCUT2D eigenvalue weighted by Gasteiger charge is 2.53. The van der Waals surface area contributed by atoms with Crippen LogP contribution in [0.4, 0.5) is 11.4 Å². The van der Waals surface area contributed by atoms with Gasteiger partial charge in [-0.3, -0.25) is 0 Å². The van der Waals surface area contributed by atoms with Crippen LogP contribution in [0, 0.1) is 0 Å². The lowest BCUT2D eigenvalue weighted by Gasteiger charge is -2.44. The number of anilines is 2. The molecule has 0 N–H and O–H groups in total. The van der Waals surface area contributed by atoms with Gasteiger partial charge >= 0.3 is 6.85 Å². The van der Waals surface area contributed by atoms with Gasteiger partial charge in [-0.1, -0.05) is 161 Å². The first-order chi connectivity index (χ1) is 29.9. The van der Waals surface area contributed by atoms with Gasteiger partial charge in [-0.25, -0.2) is 0 Å². The predicted octanol–water partition coefficient (Wildman–Crippen LogP) is 14.9. The van der Waals surface area contributed by atoms with Crippen LogP contribution in [0.3, 0.4) is 0 Å². The largest absolute Gasteiger partial charge is 0.375 e. The number of nitrogens with zero attached hydrogens (tertiary/aromatic N) is 3. The second kappa shape index (κ2) is 12.5. The van der Waals surface area contributed by atoms with Gasteiger partial charge in [0.15, 0.2) is 0 Å². The maximum Gasteiger partial charge on any atom is 0.333 e. The van der Waals surface area contributed by atoms with Crippen LogP contribution in [0.25, 0.3) is 65.9 Å². The molecule has 1 aliphatic carbocycles. The van der Waals surface area contributed by atoms with Crippen molar-refractivity contribution >= 4 is 72.8 Å². The smallest absolute Gasteiger partial charge is 0.333 e. The molecule has 0 fully saturated rings. The minimum Gasteiger partial charge on any atom is -0.375 e. The highest BCUT2D eigenvalue weighted by atomic mass is 15.2. The molecule has 0 radical (unpaired) electrons. The third-order valence-corrected chi connectivity index (χ3v) is 14.9. The Kier molecular flexibility index (Phi) is 7.61. The summed E-state index contributed by atoms with van der Waals surface area (Å²) in [6.07, 6.45) is 0. The Hall–Kier alpha value is -6.26. The molecular formula is C59H56BN3. The van der Waals surface area contributed by atoms with Crippen molar-refractivity contribution in [3.8, 4) is 16.8 Å². The first kappa shape index (κ1) is 38.4. The van der Waals surface area contributed by atoms with Crippen molar-refractivity contribution in [1.82, 2.24) is 9.05 Å². The van der Waals surface area contributed by atoms with Gasteiger partial charge in [0.05, 0.1) is 11.0 Å². The van der Waals surface area contributed by atoms with Gasteiger partial charge in [0, 0.05) is 66.3 Å². The van der Waals surface area contributed by atoms with E-state index < -0.39 is 0 Å². The predicted molar refractivity (Wildman–Crippen MR) is 271 cm³/mol. The first-order valence-corrected chi connectivity index (χ1v) is 23.0. The van der Waals surface area contributed by atoms with Crippen LogP contribution in [0.1, 0.15) is 104 Å². The van der Waals surface area contributed by atoms with E-state index in [1.54, 1.807) is 0 Å². The van der Waals surface area contributed by atoms with Crippen molar-refractivity contribution in [1.29, 1.82) is 0 Å². The van der Waals surface area contributed by atoms with Crippen molar-refractivity contribution in [3.05, 3.63) is 173 Å². The summed E-state index contributed by atoms with van der Waals surface area (Å²) in [4.78, 5) is 2.68. The van der Waals surface area contributed by atoms with Crippen LogP contribution in [0.15, 0.2) is 145 Å². The first-order valence-electron chi connectivity index (χ1n) is 23.0. The fourth-order valence-electron chi connectivity index (χ4n) is 11.7. The minimum absolute atomic E-state index is 0.0264. The molecule has 2 aliphatic heterocycles. The molecule has 4 heterocycles. The SMILES string of the molecule is CC(C)(C)c1ccc(N2C3=C(B4c5c(cc(C(C)(C)C)cc52)-c2cc5c6ccccc6n(-c6ccccc6)c5c5c6cc(C(C)(C)C)ccc6n4c25)c2ccccc2C3(C)C)cc1. The van der Waals surface area contributed by atoms with Crippen LogP contribution in [0.2, 0.25) is 0 Å². The third kappa shape index (κ3) is 5.15. The molecule has 0 saturated carbocycles. The second-order valence-corrected chi connectivity index (χ2v) is 22.3. The van der Waals surface area contributed by atoms with Crippen LogP contribution >= 0.6 is 0 Å². The van der Waals surface area contributed by atoms with E-state index in [4.69, 9.17) is 0 Å². The van der Waals surface area contributed by atoms with Gasteiger partial charge in [0.1, 0.15) is 0 Å². The molecule has 7 aromatic carbocycles. The summed E-state index contributed by atoms with van der Waals surface area (Å²) < 4.78 is 5.33. The molecule has 0 amide bonds. The molecule has 3 aliphatic rings. The Bertz CT molecular complexity index is 3460. The van der Waals surface area contributed by atoms with Gasteiger partial charge < -0.3 is 13.9 Å². The zero-order valence-corrected chi connectivity index (χ0v) is 38.7. The van der Waals surface area contributed by atoms with Crippen molar-refractivity contribution in [2.75, 3.05) is 4.90 Å². The zero-order chi connectivity index (χ0) is 43.7. The molecular weight excluding hydrogens is 761 g/mol. The molecule has 0 unspecified atom stereocenters. The highest BCUT2D eigenvalue weighted by molar-refractivity contribution is 6.93. The van der Waals surface area contributed by atoms with Crippen LogP contribution in [-0.4, -0.2) is 15.9 Å². The molecule has 0 spiro atoms. The van der Waals surface area contributed by atoms with E-state index in [9.17, 15) is 0 Å². The lowest BCUT2D eigenvalue weighted by atomic mass is 9.43. The molecule has 0 saturated heterocycles. The van der Waals surface area contributed by atoms with E-state index in [1.165, 1.54) is 116 Å². The number of fused-ring (bicyclic) bond motifs is 12. The Labute approximate surface area is 372 Å². The van der Waals surface area contributed by atoms with Crippen LogP contribution < -0.4 is 10.4 Å². The molecule has 0 atom stereocenters. The minimum atomic E-state index is -0.268. The molecule has 4 heteroatoms. The zero-order valence-electron chi connectivity index (χ0n) is 38.7. The maximum absolute atomic E-state index is 2.79. The van der Waals surface area contributed by atoms with Crippen LogP contribution in [-0.2, 0) is 21.7 Å². The van der Waals surface area contributed by atoms with Crippen molar-refractivity contribution < 1.29 is 0 Å². The van der Waals surface area contributed by atoms with Gasteiger partial charge in [0.25, 0.3) is 0 Å². The topological polar surface area (TPSA) is 13.1 Å². The number of benzene rings is 7. The van der Waals surface area contributed by atoms with Crippen molar-refractivity contribution in [2.45, 2.75) is 97.8 Å². The fraction of sp³-hybridized carbons (Fsp3) is 0.254. The van der Waals surface area contributed by atoms with E-state index in [1.807, 2.05) is 0 Å². The van der Waals surface area contributed by atoms with E-state index in [2.05, 4.69) is 230 Å². The van der Waals surface area contributed by atoms with Gasteiger partial charge in [-0.2, -0.15) is 0 Å². The quantitative estimate of drug-likeness (QED) is 0.158. The average Bonchev–Trinajstić information content (AvgIpc) is 3.85. The second-order valence-electron chi connectivity index (χ2n) is 22.3. The standard InChI is InChI=1S/C59H56BN3/c1-56(2,3)35-25-28-39(29-26-35)62-49-33-37(58(7,8)9)32-42-44-34-43-40-21-16-18-24-47(40)61(38-19-13-12-14-20-38)53(43)50-45-31-36(57(4,5)6)27-30-48(45)63(54(44)50)60(51(42)49)52-41-22-15-17-23-46(41)59(10,11)55(52)62/h12-34H,1-11H3. The number of allylic oxidation sites excluding steroid dienone is 1. The summed E-state index contributed by atoms with van der Waals surface area (Å²) in [5.74, 6) is 0. The van der Waals surface area contributed by atoms with E-state index in [0.717, 1.165) is 0 Å². The Balaban J connectivity index is 1.32. The molecule has 63 heavy (non-hydrogen) atoms. The molecule has 3 nitrogen and oxygen atoms in total. The summed E-state index contributed by atoms with van der Waals surface area (Å²) in [5, 5.41) is 5.23. The van der Waals surface area contributed by atoms with Gasteiger partial charge in [-0.05, 0) is 115 Å². The lowest BCUT2D eigenvalue weighted by Crippen LogP contribution is -2.50. The van der Waals surface area contributed by atoms with E-state index in [-0.39, 0.29) is 28.5 Å². The fourth-order valence-corrected chi connectivity index (χ4v) is 11.7. The Morgan fingerprint density at radius 3 is 1.84 bits per heavy atom. The normalized spacial score (nSPS) is 15.5. The molecule has 310 valence electrons. The monoisotopic (exact) mass is 817 g/mol. The Morgan fingerprint density at radius 2 is 1.13 bits per heavy atom. The Morgan fingerprint density at radius 1 is 0.476 bits per heavy atom. The molecule has 12 rings (SSSR count). The lowest BCUT2D eigenvalue weighted by molar-refractivity contribution is 0.589. The summed E-state index contributed by atoms with van der Waals surface area (Å²) in [7, 11) is 0. The van der Waals surface area contributed by atoms with Crippen LogP contribution in [0.5, 0.6) is 0 Å². The number of hydrogen-bond donors (Lipinski definition) is 0.